The molecule has 0 unspecified atom stereocenters. The highest BCUT2D eigenvalue weighted by atomic mass is 14.9. The van der Waals surface area contributed by atoms with Crippen molar-refractivity contribution in [2.45, 2.75) is 33.6 Å². The van der Waals surface area contributed by atoms with Gasteiger partial charge in [-0.3, -0.25) is 0 Å². The van der Waals surface area contributed by atoms with Gasteiger partial charge >= 0.3 is 0 Å². The van der Waals surface area contributed by atoms with Crippen LogP contribution in [0.1, 0.15) is 37.8 Å². The molecule has 0 saturated carbocycles. The highest BCUT2D eigenvalue weighted by Crippen LogP contribution is 2.22. The molecule has 1 N–H and O–H groups in total. The lowest BCUT2D eigenvalue weighted by Gasteiger charge is -2.12. The van der Waals surface area contributed by atoms with Crippen molar-refractivity contribution in [3.05, 3.63) is 41.6 Å². The van der Waals surface area contributed by atoms with E-state index in [2.05, 4.69) is 50.9 Å². The average Bonchev–Trinajstić information content (AvgIpc) is 2.07. The summed E-state index contributed by atoms with van der Waals surface area (Å²) in [5, 5.41) is 3.27. The van der Waals surface area contributed by atoms with E-state index < -0.39 is 0 Å². The van der Waals surface area contributed by atoms with E-state index in [1.165, 1.54) is 16.8 Å². The van der Waals surface area contributed by atoms with Gasteiger partial charge in [0, 0.05) is 11.4 Å². The molecule has 1 aromatic carbocycles. The largest absolute Gasteiger partial charge is 0.359 e. The molecule has 76 valence electrons. The molecular formula is C13H19N. The molecule has 14 heavy (non-hydrogen) atoms. The SMILES string of the molecule is C=C(C)Nc1cc(C(C)C)ccc1C. The zero-order chi connectivity index (χ0) is 10.7. The molecule has 0 bridgehead atoms. The van der Waals surface area contributed by atoms with Crippen LogP contribution in [0.25, 0.3) is 0 Å². The van der Waals surface area contributed by atoms with E-state index in [4.69, 9.17) is 0 Å². The lowest BCUT2D eigenvalue weighted by atomic mass is 10.0. The molecule has 1 rings (SSSR count). The molecule has 0 aliphatic heterocycles. The summed E-state index contributed by atoms with van der Waals surface area (Å²) in [6, 6.07) is 6.54. The van der Waals surface area contributed by atoms with Gasteiger partial charge in [0.05, 0.1) is 0 Å². The minimum atomic E-state index is 0.571. The Balaban J connectivity index is 3.02. The Labute approximate surface area is 86.8 Å². The van der Waals surface area contributed by atoms with Gasteiger partial charge in [-0.2, -0.15) is 0 Å². The number of anilines is 1. The normalized spacial score (nSPS) is 10.4. The maximum Gasteiger partial charge on any atom is 0.0414 e. The highest BCUT2D eigenvalue weighted by Gasteiger charge is 2.02. The van der Waals surface area contributed by atoms with Gasteiger partial charge in [0.2, 0.25) is 0 Å². The molecule has 0 radical (unpaired) electrons. The molecule has 0 aliphatic carbocycles. The molecule has 0 aromatic heterocycles. The summed E-state index contributed by atoms with van der Waals surface area (Å²) in [6.07, 6.45) is 0. The van der Waals surface area contributed by atoms with Crippen molar-refractivity contribution in [3.63, 3.8) is 0 Å². The summed E-state index contributed by atoms with van der Waals surface area (Å²) in [5.74, 6) is 0.571. The van der Waals surface area contributed by atoms with Gasteiger partial charge in [-0.25, -0.2) is 0 Å². The monoisotopic (exact) mass is 189 g/mol. The van der Waals surface area contributed by atoms with E-state index in [1.54, 1.807) is 0 Å². The molecule has 0 aliphatic rings. The Morgan fingerprint density at radius 3 is 2.50 bits per heavy atom. The van der Waals surface area contributed by atoms with Crippen LogP contribution >= 0.6 is 0 Å². The van der Waals surface area contributed by atoms with Crippen LogP contribution in [-0.4, -0.2) is 0 Å². The van der Waals surface area contributed by atoms with Gasteiger partial charge in [-0.1, -0.05) is 32.6 Å². The Hall–Kier alpha value is -1.24. The fourth-order valence-electron chi connectivity index (χ4n) is 1.36. The molecule has 0 saturated heterocycles. The third kappa shape index (κ3) is 2.63. The fourth-order valence-corrected chi connectivity index (χ4v) is 1.36. The first-order valence-electron chi connectivity index (χ1n) is 5.03. The molecule has 0 atom stereocenters. The van der Waals surface area contributed by atoms with Crippen molar-refractivity contribution in [1.29, 1.82) is 0 Å². The second-order valence-electron chi connectivity index (χ2n) is 4.13. The quantitative estimate of drug-likeness (QED) is 0.756. The molecule has 1 nitrogen and oxygen atoms in total. The molecule has 0 heterocycles. The fraction of sp³-hybridized carbons (Fsp3) is 0.385. The zero-order valence-electron chi connectivity index (χ0n) is 9.52. The van der Waals surface area contributed by atoms with Crippen molar-refractivity contribution < 1.29 is 0 Å². The maximum atomic E-state index is 3.85. The molecule has 1 heteroatoms. The van der Waals surface area contributed by atoms with Crippen LogP contribution in [0.5, 0.6) is 0 Å². The molecular weight excluding hydrogens is 170 g/mol. The topological polar surface area (TPSA) is 12.0 Å². The van der Waals surface area contributed by atoms with Crippen LogP contribution in [0.3, 0.4) is 0 Å². The van der Waals surface area contributed by atoms with Gasteiger partial charge in [0.25, 0.3) is 0 Å². The summed E-state index contributed by atoms with van der Waals surface area (Å²) in [5.41, 5.74) is 4.77. The summed E-state index contributed by atoms with van der Waals surface area (Å²) in [7, 11) is 0. The molecule has 0 spiro atoms. The number of rotatable bonds is 3. The first kappa shape index (κ1) is 10.8. The lowest BCUT2D eigenvalue weighted by Crippen LogP contribution is -1.98. The molecule has 1 aromatic rings. The number of benzene rings is 1. The number of hydrogen-bond acceptors (Lipinski definition) is 1. The number of nitrogens with one attached hydrogen (secondary N) is 1. The second kappa shape index (κ2) is 4.32. The van der Waals surface area contributed by atoms with Crippen molar-refractivity contribution in [2.75, 3.05) is 5.32 Å². The third-order valence-corrected chi connectivity index (χ3v) is 2.28. The predicted octanol–water partition coefficient (Wildman–Crippen LogP) is 4.06. The standard InChI is InChI=1S/C13H19N/c1-9(2)12-7-6-11(5)13(8-12)14-10(3)4/h6-9,14H,3H2,1-2,4-5H3. The smallest absolute Gasteiger partial charge is 0.0414 e. The van der Waals surface area contributed by atoms with Crippen LogP contribution in [-0.2, 0) is 0 Å². The van der Waals surface area contributed by atoms with E-state index in [1.807, 2.05) is 6.92 Å². The first-order chi connectivity index (χ1) is 6.50. The van der Waals surface area contributed by atoms with Crippen LogP contribution in [0, 0.1) is 6.92 Å². The Kier molecular flexibility index (Phi) is 3.34. The van der Waals surface area contributed by atoms with E-state index in [9.17, 15) is 0 Å². The zero-order valence-corrected chi connectivity index (χ0v) is 9.52. The van der Waals surface area contributed by atoms with E-state index >= 15 is 0 Å². The minimum Gasteiger partial charge on any atom is -0.359 e. The van der Waals surface area contributed by atoms with E-state index in [0.717, 1.165) is 5.70 Å². The Morgan fingerprint density at radius 1 is 1.36 bits per heavy atom. The van der Waals surface area contributed by atoms with Gasteiger partial charge in [-0.15, -0.1) is 0 Å². The van der Waals surface area contributed by atoms with Gasteiger partial charge < -0.3 is 5.32 Å². The number of aryl methyl sites for hydroxylation is 1. The average molecular weight is 189 g/mol. The van der Waals surface area contributed by atoms with Crippen LogP contribution in [0.4, 0.5) is 5.69 Å². The lowest BCUT2D eigenvalue weighted by molar-refractivity contribution is 0.866. The van der Waals surface area contributed by atoms with Gasteiger partial charge in [-0.05, 0) is 37.0 Å². The first-order valence-corrected chi connectivity index (χ1v) is 5.03. The number of hydrogen-bond donors (Lipinski definition) is 1. The summed E-state index contributed by atoms with van der Waals surface area (Å²) in [6.45, 7) is 12.3. The maximum absolute atomic E-state index is 3.85. The summed E-state index contributed by atoms with van der Waals surface area (Å²) in [4.78, 5) is 0. The third-order valence-electron chi connectivity index (χ3n) is 2.28. The van der Waals surface area contributed by atoms with Crippen molar-refractivity contribution in [1.82, 2.24) is 0 Å². The second-order valence-corrected chi connectivity index (χ2v) is 4.13. The Bertz CT molecular complexity index is 337. The molecule has 0 amide bonds. The van der Waals surface area contributed by atoms with Crippen molar-refractivity contribution in [2.24, 2.45) is 0 Å². The minimum absolute atomic E-state index is 0.571. The van der Waals surface area contributed by atoms with Crippen molar-refractivity contribution >= 4 is 5.69 Å². The van der Waals surface area contributed by atoms with Crippen LogP contribution < -0.4 is 5.32 Å². The molecule has 0 fully saturated rings. The van der Waals surface area contributed by atoms with E-state index in [0.29, 0.717) is 5.92 Å². The number of allylic oxidation sites excluding steroid dienone is 1. The van der Waals surface area contributed by atoms with Crippen LogP contribution in [0.2, 0.25) is 0 Å². The summed E-state index contributed by atoms with van der Waals surface area (Å²) < 4.78 is 0. The highest BCUT2D eigenvalue weighted by molar-refractivity contribution is 5.56. The van der Waals surface area contributed by atoms with Gasteiger partial charge in [0.15, 0.2) is 0 Å². The van der Waals surface area contributed by atoms with Crippen LogP contribution in [0.15, 0.2) is 30.5 Å². The van der Waals surface area contributed by atoms with Crippen molar-refractivity contribution in [3.8, 4) is 0 Å². The summed E-state index contributed by atoms with van der Waals surface area (Å²) >= 11 is 0. The van der Waals surface area contributed by atoms with Gasteiger partial charge in [0.1, 0.15) is 0 Å². The Morgan fingerprint density at radius 2 is 2.00 bits per heavy atom. The predicted molar refractivity (Wildman–Crippen MR) is 63.7 cm³/mol. The van der Waals surface area contributed by atoms with E-state index in [-0.39, 0.29) is 0 Å².